The number of ether oxygens (including phenoxy) is 1. The molecule has 2 rings (SSSR count). The van der Waals surface area contributed by atoms with E-state index in [1.807, 2.05) is 50.2 Å². The Morgan fingerprint density at radius 1 is 1.23 bits per heavy atom. The molecule has 0 aromatic heterocycles. The number of carboxylic acids is 1. The van der Waals surface area contributed by atoms with Gasteiger partial charge in [0.25, 0.3) is 5.91 Å². The standard InChI is InChI=1S/C16H22N2O4/c1-11-12-6-4-5-7-13(12)22-15(11)16(21)18(10-14(19)20)9-8-17(2)3/h4-7,11,15H,8-10H2,1-3H3,(H,19,20)/t11-,15+/m0/s1. The number of hydrogen-bond donors (Lipinski definition) is 1. The van der Waals surface area contributed by atoms with Crippen molar-refractivity contribution in [2.45, 2.75) is 18.9 Å². The minimum absolute atomic E-state index is 0.0839. The second-order valence-electron chi connectivity index (χ2n) is 5.82. The molecule has 0 saturated heterocycles. The van der Waals surface area contributed by atoms with E-state index >= 15 is 0 Å². The summed E-state index contributed by atoms with van der Waals surface area (Å²) in [6, 6.07) is 7.54. The van der Waals surface area contributed by atoms with Crippen molar-refractivity contribution < 1.29 is 19.4 Å². The smallest absolute Gasteiger partial charge is 0.323 e. The van der Waals surface area contributed by atoms with Gasteiger partial charge in [-0.05, 0) is 20.2 Å². The van der Waals surface area contributed by atoms with Crippen LogP contribution in [-0.2, 0) is 9.59 Å². The fourth-order valence-electron chi connectivity index (χ4n) is 2.56. The number of fused-ring (bicyclic) bond motifs is 1. The predicted molar refractivity (Wildman–Crippen MR) is 82.0 cm³/mol. The normalized spacial score (nSPS) is 19.6. The third-order valence-electron chi connectivity index (χ3n) is 3.82. The van der Waals surface area contributed by atoms with Gasteiger partial charge in [-0.1, -0.05) is 25.1 Å². The van der Waals surface area contributed by atoms with Crippen LogP contribution in [0.4, 0.5) is 0 Å². The molecule has 22 heavy (non-hydrogen) atoms. The van der Waals surface area contributed by atoms with Gasteiger partial charge in [0, 0.05) is 24.6 Å². The minimum atomic E-state index is -1.02. The monoisotopic (exact) mass is 306 g/mol. The zero-order valence-corrected chi connectivity index (χ0v) is 13.2. The van der Waals surface area contributed by atoms with Crippen molar-refractivity contribution in [3.63, 3.8) is 0 Å². The van der Waals surface area contributed by atoms with Crippen LogP contribution in [0.2, 0.25) is 0 Å². The molecule has 0 unspecified atom stereocenters. The number of nitrogens with zero attached hydrogens (tertiary/aromatic N) is 2. The van der Waals surface area contributed by atoms with Gasteiger partial charge in [0.15, 0.2) is 6.10 Å². The average Bonchev–Trinajstić information content (AvgIpc) is 2.80. The van der Waals surface area contributed by atoms with Gasteiger partial charge in [0.2, 0.25) is 0 Å². The number of rotatable bonds is 6. The number of para-hydroxylation sites is 1. The molecule has 6 nitrogen and oxygen atoms in total. The number of likely N-dealkylation sites (N-methyl/N-ethyl adjacent to an activating group) is 1. The van der Waals surface area contributed by atoms with Crippen LogP contribution in [0.3, 0.4) is 0 Å². The summed E-state index contributed by atoms with van der Waals surface area (Å²) in [5, 5.41) is 9.03. The number of hydrogen-bond acceptors (Lipinski definition) is 4. The summed E-state index contributed by atoms with van der Waals surface area (Å²) >= 11 is 0. The van der Waals surface area contributed by atoms with Crippen molar-refractivity contribution in [2.24, 2.45) is 0 Å². The zero-order valence-electron chi connectivity index (χ0n) is 13.2. The van der Waals surface area contributed by atoms with Gasteiger partial charge in [-0.2, -0.15) is 0 Å². The van der Waals surface area contributed by atoms with E-state index in [1.54, 1.807) is 0 Å². The first-order chi connectivity index (χ1) is 10.4. The Kier molecular flexibility index (Phi) is 5.03. The Bertz CT molecular complexity index is 559. The maximum absolute atomic E-state index is 12.7. The van der Waals surface area contributed by atoms with Crippen molar-refractivity contribution >= 4 is 11.9 Å². The number of amides is 1. The summed E-state index contributed by atoms with van der Waals surface area (Å²) < 4.78 is 5.75. The summed E-state index contributed by atoms with van der Waals surface area (Å²) in [5.41, 5.74) is 0.990. The molecule has 2 atom stereocenters. The molecular weight excluding hydrogens is 284 g/mol. The van der Waals surface area contributed by atoms with E-state index in [0.29, 0.717) is 18.8 Å². The topological polar surface area (TPSA) is 70.1 Å². The Balaban J connectivity index is 2.12. The van der Waals surface area contributed by atoms with Crippen LogP contribution in [0.1, 0.15) is 18.4 Å². The third-order valence-corrected chi connectivity index (χ3v) is 3.82. The Morgan fingerprint density at radius 3 is 2.50 bits per heavy atom. The predicted octanol–water partition coefficient (Wildman–Crippen LogP) is 1.03. The Hall–Kier alpha value is -2.08. The molecule has 120 valence electrons. The lowest BCUT2D eigenvalue weighted by atomic mass is 9.97. The van der Waals surface area contributed by atoms with Crippen molar-refractivity contribution in [1.29, 1.82) is 0 Å². The first kappa shape index (κ1) is 16.3. The highest BCUT2D eigenvalue weighted by Gasteiger charge is 2.38. The Labute approximate surface area is 130 Å². The molecule has 1 aromatic rings. The van der Waals surface area contributed by atoms with Crippen molar-refractivity contribution in [3.05, 3.63) is 29.8 Å². The average molecular weight is 306 g/mol. The maximum Gasteiger partial charge on any atom is 0.323 e. The van der Waals surface area contributed by atoms with Crippen molar-refractivity contribution in [1.82, 2.24) is 9.80 Å². The molecule has 1 amide bonds. The molecular formula is C16H22N2O4. The van der Waals surface area contributed by atoms with E-state index in [0.717, 1.165) is 5.56 Å². The highest BCUT2D eigenvalue weighted by Crippen LogP contribution is 2.38. The van der Waals surface area contributed by atoms with E-state index in [2.05, 4.69) is 0 Å². The van der Waals surface area contributed by atoms with Crippen LogP contribution in [0.5, 0.6) is 5.75 Å². The molecule has 1 aliphatic heterocycles. The number of aliphatic carboxylic acids is 1. The first-order valence-corrected chi connectivity index (χ1v) is 7.31. The van der Waals surface area contributed by atoms with E-state index < -0.39 is 12.1 Å². The SMILES string of the molecule is C[C@H]1c2ccccc2O[C@H]1C(=O)N(CCN(C)C)CC(=O)O. The lowest BCUT2D eigenvalue weighted by Gasteiger charge is -2.26. The lowest BCUT2D eigenvalue weighted by Crippen LogP contribution is -2.47. The zero-order chi connectivity index (χ0) is 16.3. The quantitative estimate of drug-likeness (QED) is 0.850. The summed E-state index contributed by atoms with van der Waals surface area (Å²) in [7, 11) is 3.77. The second kappa shape index (κ2) is 6.79. The summed E-state index contributed by atoms with van der Waals surface area (Å²) in [5.74, 6) is -0.668. The van der Waals surface area contributed by atoms with E-state index in [1.165, 1.54) is 4.90 Å². The van der Waals surface area contributed by atoms with Crippen LogP contribution in [0.25, 0.3) is 0 Å². The van der Waals surface area contributed by atoms with Gasteiger partial charge in [-0.3, -0.25) is 9.59 Å². The largest absolute Gasteiger partial charge is 0.480 e. The fourth-order valence-corrected chi connectivity index (χ4v) is 2.56. The summed E-state index contributed by atoms with van der Waals surface area (Å²) in [4.78, 5) is 27.0. The highest BCUT2D eigenvalue weighted by molar-refractivity contribution is 5.86. The molecule has 1 aliphatic rings. The van der Waals surface area contributed by atoms with Gasteiger partial charge >= 0.3 is 5.97 Å². The third kappa shape index (κ3) is 3.57. The molecule has 0 aliphatic carbocycles. The molecule has 0 radical (unpaired) electrons. The minimum Gasteiger partial charge on any atom is -0.480 e. The second-order valence-corrected chi connectivity index (χ2v) is 5.82. The van der Waals surface area contributed by atoms with Crippen LogP contribution in [-0.4, -0.2) is 66.6 Å². The number of carbonyl (C=O) groups excluding carboxylic acids is 1. The lowest BCUT2D eigenvalue weighted by molar-refractivity contribution is -0.148. The van der Waals surface area contributed by atoms with Gasteiger partial charge < -0.3 is 19.6 Å². The van der Waals surface area contributed by atoms with E-state index in [9.17, 15) is 9.59 Å². The molecule has 1 aromatic carbocycles. The molecule has 0 bridgehead atoms. The molecule has 0 spiro atoms. The summed E-state index contributed by atoms with van der Waals surface area (Å²) in [6.45, 7) is 2.59. The molecule has 1 heterocycles. The van der Waals surface area contributed by atoms with Crippen molar-refractivity contribution in [3.8, 4) is 5.75 Å². The summed E-state index contributed by atoms with van der Waals surface area (Å²) in [6.07, 6.45) is -0.654. The van der Waals surface area contributed by atoms with Gasteiger partial charge in [0.1, 0.15) is 12.3 Å². The molecule has 1 N–H and O–H groups in total. The van der Waals surface area contributed by atoms with E-state index in [-0.39, 0.29) is 18.4 Å². The fraction of sp³-hybridized carbons (Fsp3) is 0.500. The van der Waals surface area contributed by atoms with Crippen LogP contribution >= 0.6 is 0 Å². The van der Waals surface area contributed by atoms with E-state index in [4.69, 9.17) is 9.84 Å². The van der Waals surface area contributed by atoms with Gasteiger partial charge in [-0.25, -0.2) is 0 Å². The molecule has 0 saturated carbocycles. The molecule has 0 fully saturated rings. The van der Waals surface area contributed by atoms with Crippen LogP contribution in [0.15, 0.2) is 24.3 Å². The van der Waals surface area contributed by atoms with Gasteiger partial charge in [-0.15, -0.1) is 0 Å². The highest BCUT2D eigenvalue weighted by atomic mass is 16.5. The van der Waals surface area contributed by atoms with Gasteiger partial charge in [0.05, 0.1) is 0 Å². The van der Waals surface area contributed by atoms with Crippen LogP contribution < -0.4 is 4.74 Å². The number of carbonyl (C=O) groups is 2. The van der Waals surface area contributed by atoms with Crippen LogP contribution in [0, 0.1) is 0 Å². The maximum atomic E-state index is 12.7. The molecule has 6 heteroatoms. The first-order valence-electron chi connectivity index (χ1n) is 7.31. The number of carboxylic acid groups (broad SMARTS) is 1. The van der Waals surface area contributed by atoms with Crippen molar-refractivity contribution in [2.75, 3.05) is 33.7 Å². The Morgan fingerprint density at radius 2 is 1.91 bits per heavy atom. The number of benzene rings is 1.